The van der Waals surface area contributed by atoms with Crippen molar-refractivity contribution in [1.82, 2.24) is 10.7 Å². The molecule has 2 rings (SSSR count). The second-order valence-corrected chi connectivity index (χ2v) is 7.61. The summed E-state index contributed by atoms with van der Waals surface area (Å²) in [6.07, 6.45) is 18.7. The van der Waals surface area contributed by atoms with Crippen LogP contribution >= 0.6 is 0 Å². The van der Waals surface area contributed by atoms with Gasteiger partial charge in [-0.3, -0.25) is 9.59 Å². The van der Waals surface area contributed by atoms with Gasteiger partial charge in [-0.25, -0.2) is 5.43 Å². The third kappa shape index (κ3) is 8.50. The zero-order valence-electron chi connectivity index (χ0n) is 15.7. The smallest absolute Gasteiger partial charge is 0.329 e. The van der Waals surface area contributed by atoms with Crippen LogP contribution in [-0.4, -0.2) is 23.6 Å². The molecule has 142 valence electrons. The quantitative estimate of drug-likeness (QED) is 0.579. The molecular weight excluding hydrogens is 314 g/mol. The molecule has 0 aliphatic heterocycles. The SMILES string of the molecule is O=C(NN=C1CCCCCCCCCCC1)C(=O)NC1CCCCC1. The summed E-state index contributed by atoms with van der Waals surface area (Å²) in [4.78, 5) is 24.0. The average molecular weight is 350 g/mol. The van der Waals surface area contributed by atoms with Crippen LogP contribution in [-0.2, 0) is 9.59 Å². The van der Waals surface area contributed by atoms with Crippen molar-refractivity contribution in [3.63, 3.8) is 0 Å². The Morgan fingerprint density at radius 3 is 1.72 bits per heavy atom. The van der Waals surface area contributed by atoms with Crippen molar-refractivity contribution < 1.29 is 9.59 Å². The molecule has 5 nitrogen and oxygen atoms in total. The van der Waals surface area contributed by atoms with Crippen molar-refractivity contribution in [3.05, 3.63) is 0 Å². The molecule has 0 heterocycles. The Balaban J connectivity index is 1.76. The van der Waals surface area contributed by atoms with Crippen LogP contribution in [0, 0.1) is 0 Å². The number of rotatable bonds is 2. The molecular formula is C20H35N3O2. The van der Waals surface area contributed by atoms with Gasteiger partial charge in [0, 0.05) is 11.8 Å². The summed E-state index contributed by atoms with van der Waals surface area (Å²) in [7, 11) is 0. The van der Waals surface area contributed by atoms with Gasteiger partial charge in [-0.15, -0.1) is 0 Å². The molecule has 0 spiro atoms. The van der Waals surface area contributed by atoms with Gasteiger partial charge < -0.3 is 5.32 Å². The predicted molar refractivity (Wildman–Crippen MR) is 101 cm³/mol. The molecule has 0 unspecified atom stereocenters. The van der Waals surface area contributed by atoms with Gasteiger partial charge in [-0.05, 0) is 38.5 Å². The van der Waals surface area contributed by atoms with E-state index in [0.29, 0.717) is 0 Å². The highest BCUT2D eigenvalue weighted by molar-refractivity contribution is 6.35. The van der Waals surface area contributed by atoms with E-state index in [1.54, 1.807) is 0 Å². The summed E-state index contributed by atoms with van der Waals surface area (Å²) in [6.45, 7) is 0. The Hall–Kier alpha value is -1.39. The monoisotopic (exact) mass is 349 g/mol. The fourth-order valence-electron chi connectivity index (χ4n) is 3.81. The molecule has 2 N–H and O–H groups in total. The molecule has 2 aliphatic carbocycles. The van der Waals surface area contributed by atoms with E-state index in [2.05, 4.69) is 15.8 Å². The van der Waals surface area contributed by atoms with Crippen LogP contribution in [0.3, 0.4) is 0 Å². The van der Waals surface area contributed by atoms with Crippen LogP contribution in [0.5, 0.6) is 0 Å². The number of nitrogens with zero attached hydrogens (tertiary/aromatic N) is 1. The van der Waals surface area contributed by atoms with Crippen LogP contribution in [0.2, 0.25) is 0 Å². The van der Waals surface area contributed by atoms with E-state index in [4.69, 9.17) is 0 Å². The van der Waals surface area contributed by atoms with Gasteiger partial charge in [0.25, 0.3) is 0 Å². The number of carbonyl (C=O) groups is 2. The largest absolute Gasteiger partial charge is 0.345 e. The summed E-state index contributed by atoms with van der Waals surface area (Å²) in [5, 5.41) is 7.12. The molecule has 0 radical (unpaired) electrons. The lowest BCUT2D eigenvalue weighted by Gasteiger charge is -2.22. The molecule has 0 aromatic heterocycles. The normalized spacial score (nSPS) is 21.5. The minimum Gasteiger partial charge on any atom is -0.345 e. The molecule has 2 amide bonds. The lowest BCUT2D eigenvalue weighted by Crippen LogP contribution is -2.44. The number of hydrazone groups is 1. The maximum Gasteiger partial charge on any atom is 0.329 e. The molecule has 0 atom stereocenters. The first-order valence-corrected chi connectivity index (χ1v) is 10.4. The highest BCUT2D eigenvalue weighted by Crippen LogP contribution is 2.17. The Kier molecular flexibility index (Phi) is 9.60. The van der Waals surface area contributed by atoms with Crippen molar-refractivity contribution in [2.45, 2.75) is 109 Å². The Labute approximate surface area is 152 Å². The average Bonchev–Trinajstić information content (AvgIpc) is 2.62. The van der Waals surface area contributed by atoms with E-state index < -0.39 is 11.8 Å². The zero-order valence-corrected chi connectivity index (χ0v) is 15.7. The van der Waals surface area contributed by atoms with Crippen LogP contribution in [0.25, 0.3) is 0 Å². The van der Waals surface area contributed by atoms with Crippen molar-refractivity contribution in [2.24, 2.45) is 5.10 Å². The summed E-state index contributed by atoms with van der Waals surface area (Å²) >= 11 is 0. The van der Waals surface area contributed by atoms with E-state index in [1.807, 2.05) is 0 Å². The number of amides is 2. The molecule has 25 heavy (non-hydrogen) atoms. The summed E-state index contributed by atoms with van der Waals surface area (Å²) in [5.41, 5.74) is 3.53. The van der Waals surface area contributed by atoms with Crippen molar-refractivity contribution in [3.8, 4) is 0 Å². The van der Waals surface area contributed by atoms with E-state index in [0.717, 1.165) is 57.1 Å². The molecule has 5 heteroatoms. The molecule has 2 fully saturated rings. The third-order valence-corrected chi connectivity index (χ3v) is 5.39. The highest BCUT2D eigenvalue weighted by Gasteiger charge is 2.20. The van der Waals surface area contributed by atoms with Crippen LogP contribution < -0.4 is 10.7 Å². The maximum absolute atomic E-state index is 12.0. The first-order valence-electron chi connectivity index (χ1n) is 10.4. The van der Waals surface area contributed by atoms with Gasteiger partial charge in [0.05, 0.1) is 0 Å². The highest BCUT2D eigenvalue weighted by atomic mass is 16.2. The van der Waals surface area contributed by atoms with Crippen molar-refractivity contribution >= 4 is 17.5 Å². The van der Waals surface area contributed by atoms with E-state index in [-0.39, 0.29) is 6.04 Å². The minimum absolute atomic E-state index is 0.154. The lowest BCUT2D eigenvalue weighted by molar-refractivity contribution is -0.139. The Morgan fingerprint density at radius 2 is 1.16 bits per heavy atom. The van der Waals surface area contributed by atoms with E-state index in [1.165, 1.54) is 51.4 Å². The van der Waals surface area contributed by atoms with Crippen molar-refractivity contribution in [2.75, 3.05) is 0 Å². The molecule has 0 saturated heterocycles. The molecule has 0 bridgehead atoms. The summed E-state index contributed by atoms with van der Waals surface area (Å²) < 4.78 is 0. The summed E-state index contributed by atoms with van der Waals surface area (Å²) in [5.74, 6) is -1.16. The third-order valence-electron chi connectivity index (χ3n) is 5.39. The fourth-order valence-corrected chi connectivity index (χ4v) is 3.81. The topological polar surface area (TPSA) is 70.6 Å². The lowest BCUT2D eigenvalue weighted by atomic mass is 9.95. The van der Waals surface area contributed by atoms with Gasteiger partial charge in [-0.2, -0.15) is 5.10 Å². The standard InChI is InChI=1S/C20H35N3O2/c24-19(21-17-13-11-8-12-14-17)20(25)23-22-18-15-9-6-4-2-1-3-5-7-10-16-18/h17H,1-16H2,(H,21,24)(H,23,25). The molecule has 0 aromatic carbocycles. The van der Waals surface area contributed by atoms with Crippen LogP contribution in [0.4, 0.5) is 0 Å². The number of hydrogen-bond donors (Lipinski definition) is 2. The zero-order chi connectivity index (χ0) is 17.7. The Morgan fingerprint density at radius 1 is 0.680 bits per heavy atom. The Bertz CT molecular complexity index is 428. The minimum atomic E-state index is -0.621. The second kappa shape index (κ2) is 12.0. The van der Waals surface area contributed by atoms with Gasteiger partial charge in [-0.1, -0.05) is 64.2 Å². The van der Waals surface area contributed by atoms with Crippen molar-refractivity contribution in [1.29, 1.82) is 0 Å². The predicted octanol–water partition coefficient (Wildman–Crippen LogP) is 4.21. The van der Waals surface area contributed by atoms with Gasteiger partial charge in [0.15, 0.2) is 0 Å². The number of nitrogens with one attached hydrogen (secondary N) is 2. The van der Waals surface area contributed by atoms with Gasteiger partial charge >= 0.3 is 11.8 Å². The molecule has 2 saturated carbocycles. The fraction of sp³-hybridized carbons (Fsp3) is 0.850. The first kappa shape index (κ1) is 19.9. The van der Waals surface area contributed by atoms with Gasteiger partial charge in [0.1, 0.15) is 0 Å². The van der Waals surface area contributed by atoms with E-state index in [9.17, 15) is 9.59 Å². The second-order valence-electron chi connectivity index (χ2n) is 7.61. The summed E-state index contributed by atoms with van der Waals surface area (Å²) in [6, 6.07) is 0.154. The van der Waals surface area contributed by atoms with Gasteiger partial charge in [0.2, 0.25) is 0 Å². The number of hydrogen-bond acceptors (Lipinski definition) is 3. The maximum atomic E-state index is 12.0. The van der Waals surface area contributed by atoms with E-state index >= 15 is 0 Å². The van der Waals surface area contributed by atoms with Crippen LogP contribution in [0.1, 0.15) is 103 Å². The number of carbonyl (C=O) groups excluding carboxylic acids is 2. The van der Waals surface area contributed by atoms with Crippen LogP contribution in [0.15, 0.2) is 5.10 Å². The molecule has 0 aromatic rings. The molecule has 2 aliphatic rings. The first-order chi connectivity index (χ1) is 12.3.